The van der Waals surface area contributed by atoms with E-state index in [0.717, 1.165) is 6.07 Å². The van der Waals surface area contributed by atoms with E-state index in [1.807, 2.05) is 0 Å². The molecule has 0 spiro atoms. The highest BCUT2D eigenvalue weighted by molar-refractivity contribution is 9.10. The van der Waals surface area contributed by atoms with Gasteiger partial charge in [-0.3, -0.25) is 9.59 Å². The van der Waals surface area contributed by atoms with Crippen molar-refractivity contribution in [3.63, 3.8) is 0 Å². The molecule has 0 saturated carbocycles. The maximum atomic E-state index is 13.1. The third kappa shape index (κ3) is 4.63. The van der Waals surface area contributed by atoms with Crippen LogP contribution in [0.15, 0.2) is 47.1 Å². The molecule has 0 bridgehead atoms. The quantitative estimate of drug-likeness (QED) is 0.855. The lowest BCUT2D eigenvalue weighted by molar-refractivity contribution is -0.116. The molecular formula is C15H13BrFN3O2. The second-order valence-electron chi connectivity index (χ2n) is 4.39. The molecule has 0 unspecified atom stereocenters. The Bertz CT molecular complexity index is 680. The highest BCUT2D eigenvalue weighted by Gasteiger charge is 2.11. The fraction of sp³-hybridized carbons (Fsp3) is 0.133. The molecule has 1 heterocycles. The molecule has 1 aromatic carbocycles. The number of hydrogen-bond donors (Lipinski definition) is 2. The molecule has 22 heavy (non-hydrogen) atoms. The number of carbonyl (C=O) groups is 2. The van der Waals surface area contributed by atoms with Gasteiger partial charge in [-0.25, -0.2) is 9.37 Å². The third-order valence-corrected chi connectivity index (χ3v) is 3.43. The molecule has 2 aromatic rings. The zero-order chi connectivity index (χ0) is 15.9. The first-order valence-corrected chi connectivity index (χ1v) is 7.29. The first kappa shape index (κ1) is 16.1. The number of benzene rings is 1. The summed E-state index contributed by atoms with van der Waals surface area (Å²) in [6.07, 6.45) is 1.66. The number of amides is 2. The average Bonchev–Trinajstić information content (AvgIpc) is 2.50. The van der Waals surface area contributed by atoms with E-state index >= 15 is 0 Å². The highest BCUT2D eigenvalue weighted by atomic mass is 79.9. The Labute approximate surface area is 135 Å². The van der Waals surface area contributed by atoms with Crippen LogP contribution < -0.4 is 10.6 Å². The molecule has 1 aromatic heterocycles. The van der Waals surface area contributed by atoms with Crippen molar-refractivity contribution >= 4 is 33.6 Å². The van der Waals surface area contributed by atoms with Crippen LogP contribution in [-0.2, 0) is 4.79 Å². The van der Waals surface area contributed by atoms with E-state index in [9.17, 15) is 14.0 Å². The van der Waals surface area contributed by atoms with Gasteiger partial charge in [0.1, 0.15) is 11.6 Å². The van der Waals surface area contributed by atoms with Gasteiger partial charge in [0.15, 0.2) is 0 Å². The molecule has 2 amide bonds. The molecule has 0 saturated heterocycles. The minimum absolute atomic E-state index is 0.0925. The summed E-state index contributed by atoms with van der Waals surface area (Å²) in [5.74, 6) is -0.762. The SMILES string of the molecule is O=C(CCNC(=O)c1cc(F)ccc1Br)Nc1ccccn1. The maximum Gasteiger partial charge on any atom is 0.252 e. The molecule has 7 heteroatoms. The molecule has 5 nitrogen and oxygen atoms in total. The lowest BCUT2D eigenvalue weighted by Crippen LogP contribution is -2.28. The number of hydrogen-bond acceptors (Lipinski definition) is 3. The molecule has 2 N–H and O–H groups in total. The Morgan fingerprint density at radius 2 is 2.05 bits per heavy atom. The monoisotopic (exact) mass is 365 g/mol. The van der Waals surface area contributed by atoms with Gasteiger partial charge >= 0.3 is 0 Å². The number of nitrogens with zero attached hydrogens (tertiary/aromatic N) is 1. The van der Waals surface area contributed by atoms with E-state index in [4.69, 9.17) is 0 Å². The summed E-state index contributed by atoms with van der Waals surface area (Å²) in [5, 5.41) is 5.17. The minimum Gasteiger partial charge on any atom is -0.351 e. The van der Waals surface area contributed by atoms with Crippen molar-refractivity contribution in [3.8, 4) is 0 Å². The van der Waals surface area contributed by atoms with Gasteiger partial charge in [-0.2, -0.15) is 0 Å². The zero-order valence-electron chi connectivity index (χ0n) is 11.5. The van der Waals surface area contributed by atoms with Gasteiger partial charge in [0.2, 0.25) is 5.91 Å². The summed E-state index contributed by atoms with van der Waals surface area (Å²) in [6, 6.07) is 9.01. The second-order valence-corrected chi connectivity index (χ2v) is 5.25. The van der Waals surface area contributed by atoms with Crippen LogP contribution in [0.1, 0.15) is 16.8 Å². The second kappa shape index (κ2) is 7.65. The minimum atomic E-state index is -0.499. The van der Waals surface area contributed by atoms with Crippen LogP contribution in [0.4, 0.5) is 10.2 Å². The summed E-state index contributed by atoms with van der Waals surface area (Å²) in [5.41, 5.74) is 0.185. The molecule has 0 aliphatic rings. The Balaban J connectivity index is 1.82. The number of anilines is 1. The van der Waals surface area contributed by atoms with Gasteiger partial charge in [0.05, 0.1) is 5.56 Å². The van der Waals surface area contributed by atoms with E-state index in [-0.39, 0.29) is 24.4 Å². The standard InChI is InChI=1S/C15H13BrFN3O2/c16-12-5-4-10(17)9-11(12)15(22)19-8-6-14(21)20-13-3-1-2-7-18-13/h1-5,7,9H,6,8H2,(H,19,22)(H,18,20,21). The van der Waals surface area contributed by atoms with Gasteiger partial charge in [-0.15, -0.1) is 0 Å². The lowest BCUT2D eigenvalue weighted by Gasteiger charge is -2.07. The number of carbonyl (C=O) groups excluding carboxylic acids is 2. The van der Waals surface area contributed by atoms with Crippen molar-refractivity contribution < 1.29 is 14.0 Å². The van der Waals surface area contributed by atoms with E-state index in [0.29, 0.717) is 10.3 Å². The molecule has 0 aliphatic carbocycles. The summed E-state index contributed by atoms with van der Waals surface area (Å²) in [4.78, 5) is 27.5. The molecule has 0 aliphatic heterocycles. The summed E-state index contributed by atoms with van der Waals surface area (Å²) >= 11 is 3.18. The van der Waals surface area contributed by atoms with Gasteiger partial charge in [-0.05, 0) is 46.3 Å². The normalized spacial score (nSPS) is 10.1. The van der Waals surface area contributed by atoms with Gasteiger partial charge in [0.25, 0.3) is 5.91 Å². The van der Waals surface area contributed by atoms with Crippen LogP contribution in [0.5, 0.6) is 0 Å². The molecule has 0 radical (unpaired) electrons. The van der Waals surface area contributed by atoms with Gasteiger partial charge < -0.3 is 10.6 Å². The average molecular weight is 366 g/mol. The molecule has 2 rings (SSSR count). The number of rotatable bonds is 5. The molecule has 0 fully saturated rings. The van der Waals surface area contributed by atoms with Crippen LogP contribution in [0.25, 0.3) is 0 Å². The van der Waals surface area contributed by atoms with Crippen LogP contribution in [0.2, 0.25) is 0 Å². The molecule has 114 valence electrons. The van der Waals surface area contributed by atoms with Crippen LogP contribution in [0, 0.1) is 5.82 Å². The lowest BCUT2D eigenvalue weighted by atomic mass is 10.2. The predicted octanol–water partition coefficient (Wildman–Crippen LogP) is 2.74. The number of halogens is 2. The maximum absolute atomic E-state index is 13.1. The van der Waals surface area contributed by atoms with Crippen LogP contribution in [-0.4, -0.2) is 23.3 Å². The summed E-state index contributed by atoms with van der Waals surface area (Å²) < 4.78 is 13.6. The van der Waals surface area contributed by atoms with Crippen LogP contribution >= 0.6 is 15.9 Å². The smallest absolute Gasteiger partial charge is 0.252 e. The Hall–Kier alpha value is -2.28. The summed E-state index contributed by atoms with van der Waals surface area (Å²) in [7, 11) is 0. The third-order valence-electron chi connectivity index (χ3n) is 2.74. The van der Waals surface area contributed by atoms with Crippen molar-refractivity contribution in [1.29, 1.82) is 0 Å². The largest absolute Gasteiger partial charge is 0.351 e. The fourth-order valence-electron chi connectivity index (χ4n) is 1.70. The number of aromatic nitrogens is 1. The summed E-state index contributed by atoms with van der Waals surface area (Å²) in [6.45, 7) is 0.139. The Morgan fingerprint density at radius 3 is 2.77 bits per heavy atom. The van der Waals surface area contributed by atoms with Crippen molar-refractivity contribution in [2.24, 2.45) is 0 Å². The fourth-order valence-corrected chi connectivity index (χ4v) is 2.13. The Kier molecular flexibility index (Phi) is 5.60. The van der Waals surface area contributed by atoms with E-state index < -0.39 is 11.7 Å². The Morgan fingerprint density at radius 1 is 1.23 bits per heavy atom. The van der Waals surface area contributed by atoms with E-state index in [2.05, 4.69) is 31.5 Å². The highest BCUT2D eigenvalue weighted by Crippen LogP contribution is 2.17. The van der Waals surface area contributed by atoms with Crippen LogP contribution in [0.3, 0.4) is 0 Å². The number of nitrogens with one attached hydrogen (secondary N) is 2. The van der Waals surface area contributed by atoms with Crippen molar-refractivity contribution in [1.82, 2.24) is 10.3 Å². The molecular weight excluding hydrogens is 353 g/mol. The van der Waals surface area contributed by atoms with Crippen molar-refractivity contribution in [3.05, 3.63) is 58.4 Å². The van der Waals surface area contributed by atoms with E-state index in [1.54, 1.807) is 24.4 Å². The predicted molar refractivity (Wildman–Crippen MR) is 83.9 cm³/mol. The molecule has 0 atom stereocenters. The van der Waals surface area contributed by atoms with Gasteiger partial charge in [0, 0.05) is 23.6 Å². The topological polar surface area (TPSA) is 71.1 Å². The number of pyridine rings is 1. The zero-order valence-corrected chi connectivity index (χ0v) is 13.1. The van der Waals surface area contributed by atoms with E-state index in [1.165, 1.54) is 12.1 Å². The van der Waals surface area contributed by atoms with Crippen molar-refractivity contribution in [2.75, 3.05) is 11.9 Å². The van der Waals surface area contributed by atoms with Crippen molar-refractivity contribution in [2.45, 2.75) is 6.42 Å². The first-order valence-electron chi connectivity index (χ1n) is 6.50. The first-order chi connectivity index (χ1) is 10.6. The van der Waals surface area contributed by atoms with Gasteiger partial charge in [-0.1, -0.05) is 6.07 Å².